The zero-order valence-electron chi connectivity index (χ0n) is 20.2. The number of fused-ring (bicyclic) bond motifs is 3. The molecule has 1 atom stereocenters. The molecule has 2 aliphatic rings. The Hall–Kier alpha value is -4.07. The molecule has 176 valence electrons. The van der Waals surface area contributed by atoms with E-state index in [1.54, 1.807) is 23.2 Å². The van der Waals surface area contributed by atoms with Crippen LogP contribution in [0.15, 0.2) is 66.5 Å². The summed E-state index contributed by atoms with van der Waals surface area (Å²) in [6, 6.07) is 12.0. The van der Waals surface area contributed by atoms with Crippen molar-refractivity contribution in [2.24, 2.45) is 5.41 Å². The number of hydrogen-bond donors (Lipinski definition) is 0. The number of allylic oxidation sites excluding steroid dienone is 2. The van der Waals surface area contributed by atoms with Crippen LogP contribution in [0.5, 0.6) is 5.88 Å². The van der Waals surface area contributed by atoms with Crippen LogP contribution < -0.4 is 9.64 Å². The van der Waals surface area contributed by atoms with Gasteiger partial charge in [0.25, 0.3) is 0 Å². The maximum Gasteiger partial charge on any atom is 0.228 e. The molecule has 0 fully saturated rings. The van der Waals surface area contributed by atoms with Crippen molar-refractivity contribution < 1.29 is 9.53 Å². The number of aromatic nitrogens is 5. The molecule has 4 aromatic rings. The van der Waals surface area contributed by atoms with Gasteiger partial charge in [0.15, 0.2) is 17.3 Å². The SMILES string of the molecule is CN(C)c1ccc(-c2nc3c4c(ncn3n2)OC2=C(C(=O)CC(C)(C)C2)[C@H]4c2cccnc2)cc1. The highest BCUT2D eigenvalue weighted by Crippen LogP contribution is 2.50. The first-order chi connectivity index (χ1) is 16.8. The van der Waals surface area contributed by atoms with Crippen molar-refractivity contribution in [2.75, 3.05) is 19.0 Å². The van der Waals surface area contributed by atoms with Crippen LogP contribution in [-0.4, -0.2) is 44.4 Å². The molecule has 8 heteroatoms. The van der Waals surface area contributed by atoms with E-state index in [-0.39, 0.29) is 17.1 Å². The summed E-state index contributed by atoms with van der Waals surface area (Å²) in [7, 11) is 4.01. The van der Waals surface area contributed by atoms with Gasteiger partial charge in [-0.15, -0.1) is 5.10 Å². The van der Waals surface area contributed by atoms with E-state index < -0.39 is 0 Å². The number of carbonyl (C=O) groups excluding carboxylic acids is 1. The van der Waals surface area contributed by atoms with E-state index in [9.17, 15) is 4.79 Å². The molecule has 1 aliphatic heterocycles. The molecule has 35 heavy (non-hydrogen) atoms. The van der Waals surface area contributed by atoms with Crippen LogP contribution >= 0.6 is 0 Å². The second-order valence-corrected chi connectivity index (χ2v) is 10.2. The van der Waals surface area contributed by atoms with E-state index in [2.05, 4.69) is 23.8 Å². The number of ether oxygens (including phenoxy) is 1. The van der Waals surface area contributed by atoms with Gasteiger partial charge in [0.2, 0.25) is 5.88 Å². The molecular formula is C27H26N6O2. The highest BCUT2D eigenvalue weighted by molar-refractivity contribution is 6.00. The van der Waals surface area contributed by atoms with E-state index >= 15 is 0 Å². The lowest BCUT2D eigenvalue weighted by Gasteiger charge is -2.37. The molecule has 0 amide bonds. The normalized spacial score (nSPS) is 18.7. The van der Waals surface area contributed by atoms with Crippen LogP contribution in [0.2, 0.25) is 0 Å². The highest BCUT2D eigenvalue weighted by Gasteiger charge is 2.44. The van der Waals surface area contributed by atoms with Crippen LogP contribution in [0.4, 0.5) is 5.69 Å². The Kier molecular flexibility index (Phi) is 4.74. The van der Waals surface area contributed by atoms with Crippen molar-refractivity contribution in [1.29, 1.82) is 0 Å². The number of ketones is 1. The molecule has 3 aromatic heterocycles. The van der Waals surface area contributed by atoms with Crippen LogP contribution in [0.3, 0.4) is 0 Å². The summed E-state index contributed by atoms with van der Waals surface area (Å²) in [5.74, 6) is 1.49. The summed E-state index contributed by atoms with van der Waals surface area (Å²) in [6.45, 7) is 4.19. The van der Waals surface area contributed by atoms with Crippen LogP contribution in [-0.2, 0) is 4.79 Å². The molecule has 1 aliphatic carbocycles. The van der Waals surface area contributed by atoms with E-state index in [0.29, 0.717) is 41.5 Å². The molecule has 8 nitrogen and oxygen atoms in total. The van der Waals surface area contributed by atoms with Gasteiger partial charge in [-0.3, -0.25) is 9.78 Å². The Morgan fingerprint density at radius 1 is 1.11 bits per heavy atom. The van der Waals surface area contributed by atoms with Crippen LogP contribution in [0.1, 0.15) is 43.7 Å². The van der Waals surface area contributed by atoms with E-state index in [1.165, 1.54) is 0 Å². The third-order valence-electron chi connectivity index (χ3n) is 6.72. The van der Waals surface area contributed by atoms with E-state index in [4.69, 9.17) is 14.8 Å². The van der Waals surface area contributed by atoms with Gasteiger partial charge in [0.05, 0.1) is 11.5 Å². The summed E-state index contributed by atoms with van der Waals surface area (Å²) in [5.41, 5.74) is 4.79. The zero-order valence-corrected chi connectivity index (χ0v) is 20.2. The number of hydrogen-bond acceptors (Lipinski definition) is 7. The summed E-state index contributed by atoms with van der Waals surface area (Å²) >= 11 is 0. The molecule has 4 heterocycles. The number of anilines is 1. The summed E-state index contributed by atoms with van der Waals surface area (Å²) in [5, 5.41) is 4.70. The van der Waals surface area contributed by atoms with Gasteiger partial charge in [0, 0.05) is 56.2 Å². The number of pyridine rings is 1. The fraction of sp³-hybridized carbons (Fsp3) is 0.296. The number of benzene rings is 1. The maximum absolute atomic E-state index is 13.5. The molecule has 0 saturated heterocycles. The first-order valence-electron chi connectivity index (χ1n) is 11.7. The number of carbonyl (C=O) groups is 1. The van der Waals surface area contributed by atoms with Gasteiger partial charge in [-0.05, 0) is 41.3 Å². The minimum absolute atomic E-state index is 0.0942. The Balaban J connectivity index is 1.54. The summed E-state index contributed by atoms with van der Waals surface area (Å²) < 4.78 is 7.97. The van der Waals surface area contributed by atoms with Crippen molar-refractivity contribution >= 4 is 17.1 Å². The van der Waals surface area contributed by atoms with Gasteiger partial charge in [0.1, 0.15) is 12.1 Å². The minimum atomic E-state index is -0.365. The number of nitrogens with zero attached hydrogens (tertiary/aromatic N) is 6. The first kappa shape index (κ1) is 21.5. The van der Waals surface area contributed by atoms with Gasteiger partial charge in [-0.25, -0.2) is 14.5 Å². The predicted octanol–water partition coefficient (Wildman–Crippen LogP) is 4.42. The Morgan fingerprint density at radius 2 is 1.91 bits per heavy atom. The highest BCUT2D eigenvalue weighted by atomic mass is 16.5. The van der Waals surface area contributed by atoms with Crippen molar-refractivity contribution in [3.8, 4) is 17.3 Å². The largest absolute Gasteiger partial charge is 0.442 e. The van der Waals surface area contributed by atoms with Crippen molar-refractivity contribution in [3.63, 3.8) is 0 Å². The maximum atomic E-state index is 13.5. The number of Topliss-reactive ketones (excluding diaryl/α,β-unsaturated/α-hetero) is 1. The molecule has 0 N–H and O–H groups in total. The molecule has 0 saturated carbocycles. The number of rotatable bonds is 3. The minimum Gasteiger partial charge on any atom is -0.442 e. The lowest BCUT2D eigenvalue weighted by Crippen LogP contribution is -2.33. The molecule has 0 unspecified atom stereocenters. The Morgan fingerprint density at radius 3 is 2.63 bits per heavy atom. The van der Waals surface area contributed by atoms with Crippen molar-refractivity contribution in [1.82, 2.24) is 24.6 Å². The molecular weight excluding hydrogens is 440 g/mol. The zero-order chi connectivity index (χ0) is 24.3. The molecule has 0 bridgehead atoms. The topological polar surface area (TPSA) is 85.5 Å². The van der Waals surface area contributed by atoms with Gasteiger partial charge in [-0.1, -0.05) is 19.9 Å². The van der Waals surface area contributed by atoms with Crippen LogP contribution in [0, 0.1) is 5.41 Å². The summed E-state index contributed by atoms with van der Waals surface area (Å²) in [6.07, 6.45) is 6.30. The van der Waals surface area contributed by atoms with Gasteiger partial charge in [-0.2, -0.15) is 0 Å². The smallest absolute Gasteiger partial charge is 0.228 e. The second-order valence-electron chi connectivity index (χ2n) is 10.2. The fourth-order valence-corrected chi connectivity index (χ4v) is 5.06. The lowest BCUT2D eigenvalue weighted by molar-refractivity contribution is -0.118. The monoisotopic (exact) mass is 466 g/mol. The van der Waals surface area contributed by atoms with E-state index in [1.807, 2.05) is 55.4 Å². The van der Waals surface area contributed by atoms with Gasteiger partial charge < -0.3 is 9.64 Å². The third-order valence-corrected chi connectivity index (χ3v) is 6.72. The fourth-order valence-electron chi connectivity index (χ4n) is 5.06. The molecule has 0 spiro atoms. The average molecular weight is 467 g/mol. The van der Waals surface area contributed by atoms with Crippen molar-refractivity contribution in [2.45, 2.75) is 32.6 Å². The molecule has 0 radical (unpaired) electrons. The summed E-state index contributed by atoms with van der Waals surface area (Å²) in [4.78, 5) is 29.3. The second kappa shape index (κ2) is 7.73. The van der Waals surface area contributed by atoms with Crippen LogP contribution in [0.25, 0.3) is 17.0 Å². The van der Waals surface area contributed by atoms with Crippen molar-refractivity contribution in [3.05, 3.63) is 77.6 Å². The quantitative estimate of drug-likeness (QED) is 0.442. The standard InChI is InChI=1S/C27H26N6O2/c1-27(2)12-19(34)22-20(13-27)35-26-23(21(22)17-6-5-11-28-14-17)25-30-24(31-33(25)15-29-26)16-7-9-18(10-8-16)32(3)4/h5-11,14-15,21H,12-13H2,1-4H3/t21-/m1/s1. The average Bonchev–Trinajstić information content (AvgIpc) is 3.27. The van der Waals surface area contributed by atoms with E-state index in [0.717, 1.165) is 22.4 Å². The lowest BCUT2D eigenvalue weighted by atomic mass is 9.70. The first-order valence-corrected chi connectivity index (χ1v) is 11.7. The Labute approximate surface area is 203 Å². The molecule has 6 rings (SSSR count). The third kappa shape index (κ3) is 3.56. The predicted molar refractivity (Wildman–Crippen MR) is 132 cm³/mol. The van der Waals surface area contributed by atoms with Gasteiger partial charge >= 0.3 is 0 Å². The Bertz CT molecular complexity index is 1490. The molecule has 1 aromatic carbocycles.